The zero-order valence-electron chi connectivity index (χ0n) is 13.1. The van der Waals surface area contributed by atoms with Crippen molar-refractivity contribution in [1.82, 2.24) is 15.2 Å². The number of para-hydroxylation sites is 1. The summed E-state index contributed by atoms with van der Waals surface area (Å²) < 4.78 is 0. The maximum Gasteiger partial charge on any atom is 0.0705 e. The molecule has 3 heteroatoms. The Morgan fingerprint density at radius 2 is 1.90 bits per heavy atom. The van der Waals surface area contributed by atoms with Gasteiger partial charge in [0.1, 0.15) is 0 Å². The quantitative estimate of drug-likeness (QED) is 0.913. The van der Waals surface area contributed by atoms with Gasteiger partial charge in [-0.15, -0.1) is 0 Å². The van der Waals surface area contributed by atoms with Crippen molar-refractivity contribution in [1.29, 1.82) is 0 Å². The molecule has 0 amide bonds. The number of benzene rings is 1. The van der Waals surface area contributed by atoms with Crippen LogP contribution in [0.5, 0.6) is 0 Å². The van der Waals surface area contributed by atoms with E-state index in [9.17, 15) is 0 Å². The minimum Gasteiger partial charge on any atom is -0.311 e. The summed E-state index contributed by atoms with van der Waals surface area (Å²) in [4.78, 5) is 6.85. The summed E-state index contributed by atoms with van der Waals surface area (Å²) in [5.41, 5.74) is 2.77. The van der Waals surface area contributed by atoms with Gasteiger partial charge in [0.2, 0.25) is 0 Å². The molecule has 0 unspecified atom stereocenters. The first-order chi connectivity index (χ1) is 10.2. The highest BCUT2D eigenvalue weighted by atomic mass is 15.2. The van der Waals surface area contributed by atoms with Gasteiger partial charge in [0.15, 0.2) is 0 Å². The lowest BCUT2D eigenvalue weighted by Crippen LogP contribution is -2.49. The molecule has 3 rings (SSSR count). The molecule has 1 aliphatic rings. The summed E-state index contributed by atoms with van der Waals surface area (Å²) in [7, 11) is 4.43. The van der Waals surface area contributed by atoms with Gasteiger partial charge in [0.05, 0.1) is 5.52 Å². The van der Waals surface area contributed by atoms with E-state index in [1.165, 1.54) is 36.6 Å². The van der Waals surface area contributed by atoms with Gasteiger partial charge in [0.25, 0.3) is 0 Å². The Morgan fingerprint density at radius 1 is 1.14 bits per heavy atom. The van der Waals surface area contributed by atoms with Gasteiger partial charge < -0.3 is 10.2 Å². The lowest BCUT2D eigenvalue weighted by molar-refractivity contribution is 0.153. The first-order valence-corrected chi connectivity index (χ1v) is 7.92. The molecule has 0 spiro atoms. The van der Waals surface area contributed by atoms with E-state index in [1.807, 2.05) is 12.3 Å². The number of nitrogens with one attached hydrogen (secondary N) is 1. The highest BCUT2D eigenvalue weighted by molar-refractivity contribution is 5.81. The zero-order valence-corrected chi connectivity index (χ0v) is 13.1. The van der Waals surface area contributed by atoms with E-state index in [4.69, 9.17) is 0 Å². The van der Waals surface area contributed by atoms with Crippen LogP contribution in [0.1, 0.15) is 31.2 Å². The van der Waals surface area contributed by atoms with E-state index in [2.05, 4.69) is 53.6 Å². The number of fused-ring (bicyclic) bond motifs is 1. The Morgan fingerprint density at radius 3 is 2.67 bits per heavy atom. The fourth-order valence-corrected chi connectivity index (χ4v) is 3.55. The van der Waals surface area contributed by atoms with E-state index in [0.717, 1.165) is 18.6 Å². The molecule has 0 radical (unpaired) electrons. The molecule has 0 atom stereocenters. The fraction of sp³-hybridized carbons (Fsp3) is 0.500. The van der Waals surface area contributed by atoms with Crippen molar-refractivity contribution in [2.45, 2.75) is 37.8 Å². The second-order valence-electron chi connectivity index (χ2n) is 6.42. The third-order valence-corrected chi connectivity index (χ3v) is 4.99. The van der Waals surface area contributed by atoms with Crippen LogP contribution < -0.4 is 5.32 Å². The maximum absolute atomic E-state index is 4.43. The van der Waals surface area contributed by atoms with Gasteiger partial charge in [-0.3, -0.25) is 4.98 Å². The van der Waals surface area contributed by atoms with Crippen LogP contribution in [0, 0.1) is 0 Å². The number of aromatic nitrogens is 1. The number of likely N-dealkylation sites (N-methyl/N-ethyl adjacent to an activating group) is 1. The first kappa shape index (κ1) is 14.5. The first-order valence-electron chi connectivity index (χ1n) is 7.92. The third-order valence-electron chi connectivity index (χ3n) is 4.99. The van der Waals surface area contributed by atoms with E-state index in [1.54, 1.807) is 0 Å². The highest BCUT2D eigenvalue weighted by Crippen LogP contribution is 2.33. The zero-order chi connectivity index (χ0) is 14.7. The third kappa shape index (κ3) is 2.94. The fourth-order valence-electron chi connectivity index (χ4n) is 3.55. The Labute approximate surface area is 127 Å². The molecule has 2 aromatic rings. The smallest absolute Gasteiger partial charge is 0.0705 e. The molecular weight excluding hydrogens is 258 g/mol. The molecule has 1 N–H and O–H groups in total. The second kappa shape index (κ2) is 6.12. The van der Waals surface area contributed by atoms with Crippen molar-refractivity contribution in [3.05, 3.63) is 42.1 Å². The summed E-state index contributed by atoms with van der Waals surface area (Å²) in [6, 6.07) is 10.5. The van der Waals surface area contributed by atoms with Crippen molar-refractivity contribution < 1.29 is 0 Å². The van der Waals surface area contributed by atoms with Gasteiger partial charge in [-0.25, -0.2) is 0 Å². The number of rotatable bonds is 5. The maximum atomic E-state index is 4.43. The van der Waals surface area contributed by atoms with Crippen LogP contribution in [-0.4, -0.2) is 36.1 Å². The standard InChI is InChI=1S/C18H25N3/c1-21(2)18(10-5-6-11-18)14-19-13-15-9-12-20-17-8-4-3-7-16(15)17/h3-4,7-9,12,19H,5-6,10-11,13-14H2,1-2H3. The molecule has 112 valence electrons. The van der Waals surface area contributed by atoms with Gasteiger partial charge in [-0.1, -0.05) is 31.0 Å². The molecule has 1 aromatic carbocycles. The van der Waals surface area contributed by atoms with Crippen LogP contribution >= 0.6 is 0 Å². The predicted molar refractivity (Wildman–Crippen MR) is 88.3 cm³/mol. The van der Waals surface area contributed by atoms with Crippen LogP contribution in [0.3, 0.4) is 0 Å². The second-order valence-corrected chi connectivity index (χ2v) is 6.42. The summed E-state index contributed by atoms with van der Waals surface area (Å²) in [5.74, 6) is 0. The topological polar surface area (TPSA) is 28.2 Å². The van der Waals surface area contributed by atoms with Gasteiger partial charge in [-0.2, -0.15) is 0 Å². The summed E-state index contributed by atoms with van der Waals surface area (Å²) >= 11 is 0. The summed E-state index contributed by atoms with van der Waals surface area (Å²) in [6.45, 7) is 1.98. The molecule has 1 fully saturated rings. The molecule has 0 aliphatic heterocycles. The van der Waals surface area contributed by atoms with Crippen LogP contribution in [0.4, 0.5) is 0 Å². The minimum absolute atomic E-state index is 0.350. The van der Waals surface area contributed by atoms with Gasteiger partial charge in [-0.05, 0) is 44.6 Å². The molecule has 1 saturated carbocycles. The van der Waals surface area contributed by atoms with Crippen molar-refractivity contribution in [2.75, 3.05) is 20.6 Å². The number of hydrogen-bond donors (Lipinski definition) is 1. The average molecular weight is 283 g/mol. The number of nitrogens with zero attached hydrogens (tertiary/aromatic N) is 2. The Kier molecular flexibility index (Phi) is 4.22. The van der Waals surface area contributed by atoms with Crippen molar-refractivity contribution in [2.24, 2.45) is 0 Å². The number of hydrogen-bond acceptors (Lipinski definition) is 3. The predicted octanol–water partition coefficient (Wildman–Crippen LogP) is 3.20. The lowest BCUT2D eigenvalue weighted by Gasteiger charge is -2.36. The van der Waals surface area contributed by atoms with Crippen molar-refractivity contribution >= 4 is 10.9 Å². The molecule has 1 aliphatic carbocycles. The van der Waals surface area contributed by atoms with E-state index < -0.39 is 0 Å². The van der Waals surface area contributed by atoms with Crippen LogP contribution in [-0.2, 0) is 6.54 Å². The van der Waals surface area contributed by atoms with Crippen LogP contribution in [0.15, 0.2) is 36.5 Å². The van der Waals surface area contributed by atoms with E-state index in [-0.39, 0.29) is 0 Å². The molecule has 21 heavy (non-hydrogen) atoms. The monoisotopic (exact) mass is 283 g/mol. The SMILES string of the molecule is CN(C)C1(CNCc2ccnc3ccccc23)CCCC1. The highest BCUT2D eigenvalue weighted by Gasteiger charge is 2.35. The Hall–Kier alpha value is -1.45. The minimum atomic E-state index is 0.350. The molecule has 0 bridgehead atoms. The largest absolute Gasteiger partial charge is 0.311 e. The van der Waals surface area contributed by atoms with Gasteiger partial charge in [0, 0.05) is 30.2 Å². The molecule has 1 aromatic heterocycles. The van der Waals surface area contributed by atoms with Crippen LogP contribution in [0.25, 0.3) is 10.9 Å². The lowest BCUT2D eigenvalue weighted by atomic mass is 9.96. The summed E-state index contributed by atoms with van der Waals surface area (Å²) in [6.07, 6.45) is 7.25. The van der Waals surface area contributed by atoms with E-state index in [0.29, 0.717) is 5.54 Å². The molecule has 3 nitrogen and oxygen atoms in total. The normalized spacial score (nSPS) is 17.7. The Bertz CT molecular complexity index is 595. The Balaban J connectivity index is 1.69. The van der Waals surface area contributed by atoms with E-state index >= 15 is 0 Å². The van der Waals surface area contributed by atoms with Gasteiger partial charge >= 0.3 is 0 Å². The number of pyridine rings is 1. The average Bonchev–Trinajstić information content (AvgIpc) is 2.98. The molecular formula is C18H25N3. The molecule has 1 heterocycles. The van der Waals surface area contributed by atoms with Crippen LogP contribution in [0.2, 0.25) is 0 Å². The van der Waals surface area contributed by atoms with Crippen molar-refractivity contribution in [3.8, 4) is 0 Å². The van der Waals surface area contributed by atoms with Crippen molar-refractivity contribution in [3.63, 3.8) is 0 Å². The molecule has 0 saturated heterocycles. The summed E-state index contributed by atoms with van der Waals surface area (Å²) in [5, 5.41) is 4.95.